The van der Waals surface area contributed by atoms with Gasteiger partial charge >= 0.3 is 0 Å². The molecule has 0 aliphatic carbocycles. The van der Waals surface area contributed by atoms with Crippen molar-refractivity contribution in [2.75, 3.05) is 13.7 Å². The Hall–Kier alpha value is -3.69. The van der Waals surface area contributed by atoms with Crippen molar-refractivity contribution in [2.45, 2.75) is 19.3 Å². The quantitative estimate of drug-likeness (QED) is 0.215. The number of benzene rings is 4. The van der Waals surface area contributed by atoms with Gasteiger partial charge in [-0.2, -0.15) is 0 Å². The number of aryl methyl sites for hydroxylation is 1. The Morgan fingerprint density at radius 2 is 1.23 bits per heavy atom. The predicted molar refractivity (Wildman–Crippen MR) is 126 cm³/mol. The van der Waals surface area contributed by atoms with Crippen LogP contribution in [0.5, 0.6) is 0 Å². The zero-order chi connectivity index (χ0) is 24.9. The number of ether oxygens (including phenoxy) is 1. The Morgan fingerprint density at radius 3 is 1.91 bits per heavy atom. The number of hydrogen-bond donors (Lipinski definition) is 0. The van der Waals surface area contributed by atoms with Crippen LogP contribution >= 0.6 is 0 Å². The second kappa shape index (κ2) is 10.7. The highest BCUT2D eigenvalue weighted by Gasteiger charge is 2.14. The molecule has 178 valence electrons. The molecule has 4 aromatic carbocycles. The minimum atomic E-state index is -0.855. The van der Waals surface area contributed by atoms with Gasteiger partial charge in [0.15, 0.2) is 0 Å². The van der Waals surface area contributed by atoms with Crippen LogP contribution < -0.4 is 0 Å². The van der Waals surface area contributed by atoms with Crippen LogP contribution in [0.25, 0.3) is 10.8 Å². The maximum Gasteiger partial charge on any atom is 0.142 e. The average Bonchev–Trinajstić information content (AvgIpc) is 2.81. The average molecular weight is 480 g/mol. The Bertz CT molecular complexity index is 1400. The molecule has 0 saturated heterocycles. The number of fused-ring (bicyclic) bond motifs is 1. The highest BCUT2D eigenvalue weighted by molar-refractivity contribution is 5.84. The molecule has 0 N–H and O–H groups in total. The Balaban J connectivity index is 1.51. The summed E-state index contributed by atoms with van der Waals surface area (Å²) in [4.78, 5) is 0. The minimum absolute atomic E-state index is 0.0496. The van der Waals surface area contributed by atoms with Crippen LogP contribution in [0.1, 0.15) is 27.8 Å². The third kappa shape index (κ3) is 5.87. The Morgan fingerprint density at radius 1 is 0.629 bits per heavy atom. The van der Waals surface area contributed by atoms with Gasteiger partial charge in [-0.3, -0.25) is 0 Å². The van der Waals surface area contributed by atoms with Gasteiger partial charge in [-0.15, -0.1) is 0 Å². The molecule has 0 aliphatic rings. The van der Waals surface area contributed by atoms with Crippen molar-refractivity contribution in [1.29, 1.82) is 0 Å². The molecule has 0 unspecified atom stereocenters. The molecule has 0 atom stereocenters. The summed E-state index contributed by atoms with van der Waals surface area (Å²) in [6.07, 6.45) is 0.374. The molecule has 0 amide bonds. The highest BCUT2D eigenvalue weighted by Crippen LogP contribution is 2.21. The van der Waals surface area contributed by atoms with E-state index < -0.39 is 28.8 Å². The van der Waals surface area contributed by atoms with Crippen molar-refractivity contribution in [2.24, 2.45) is 0 Å². The molecule has 0 aliphatic heterocycles. The lowest BCUT2D eigenvalue weighted by molar-refractivity contribution is 0.202. The van der Waals surface area contributed by atoms with Gasteiger partial charge in [-0.1, -0.05) is 24.0 Å². The molecule has 35 heavy (non-hydrogen) atoms. The summed E-state index contributed by atoms with van der Waals surface area (Å²) in [6, 6.07) is 14.1. The second-order valence-corrected chi connectivity index (χ2v) is 8.17. The van der Waals surface area contributed by atoms with Gasteiger partial charge in [-0.25, -0.2) is 22.0 Å². The Kier molecular flexibility index (Phi) is 7.48. The molecular weight excluding hydrogens is 459 g/mol. The van der Waals surface area contributed by atoms with Gasteiger partial charge in [0.1, 0.15) is 29.1 Å². The summed E-state index contributed by atoms with van der Waals surface area (Å²) in [5.41, 5.74) is 0.733. The topological polar surface area (TPSA) is 9.23 Å². The fourth-order valence-corrected chi connectivity index (χ4v) is 3.85. The van der Waals surface area contributed by atoms with Gasteiger partial charge in [0.25, 0.3) is 0 Å². The van der Waals surface area contributed by atoms with Crippen molar-refractivity contribution in [3.63, 3.8) is 0 Å². The number of rotatable bonds is 6. The maximum atomic E-state index is 14.6. The summed E-state index contributed by atoms with van der Waals surface area (Å²) in [5, 5.41) is 1.44. The SMILES string of the molecule is COCCc1cc(F)c(CCc2cc(F)c(C#Cc3ccc4cc(F)ccc4c3)c(F)c2)c(F)c1. The molecule has 0 spiro atoms. The summed E-state index contributed by atoms with van der Waals surface area (Å²) in [6.45, 7) is 0.340. The van der Waals surface area contributed by atoms with Crippen molar-refractivity contribution < 1.29 is 26.7 Å². The normalized spacial score (nSPS) is 10.9. The number of halogens is 5. The summed E-state index contributed by atoms with van der Waals surface area (Å²) < 4.78 is 76.2. The fourth-order valence-electron chi connectivity index (χ4n) is 3.85. The van der Waals surface area contributed by atoms with Crippen LogP contribution in [0.3, 0.4) is 0 Å². The van der Waals surface area contributed by atoms with Gasteiger partial charge < -0.3 is 4.74 Å². The number of methoxy groups -OCH3 is 1. The fraction of sp³-hybridized carbons (Fsp3) is 0.172. The zero-order valence-corrected chi connectivity index (χ0v) is 18.9. The van der Waals surface area contributed by atoms with Crippen LogP contribution in [-0.4, -0.2) is 13.7 Å². The molecule has 1 nitrogen and oxygen atoms in total. The van der Waals surface area contributed by atoms with Crippen LogP contribution in [-0.2, 0) is 24.0 Å². The van der Waals surface area contributed by atoms with E-state index in [2.05, 4.69) is 11.8 Å². The van der Waals surface area contributed by atoms with Crippen LogP contribution in [0.4, 0.5) is 22.0 Å². The summed E-state index contributed by atoms with van der Waals surface area (Å²) in [5.74, 6) is 1.78. The van der Waals surface area contributed by atoms with E-state index in [1.807, 2.05) is 0 Å². The van der Waals surface area contributed by atoms with E-state index in [9.17, 15) is 22.0 Å². The van der Waals surface area contributed by atoms with Gasteiger partial charge in [0, 0.05) is 18.2 Å². The lowest BCUT2D eigenvalue weighted by Gasteiger charge is -2.09. The van der Waals surface area contributed by atoms with Crippen molar-refractivity contribution in [1.82, 2.24) is 0 Å². The smallest absolute Gasteiger partial charge is 0.142 e. The largest absolute Gasteiger partial charge is 0.384 e. The molecular formula is C29H21F5O. The third-order valence-corrected chi connectivity index (χ3v) is 5.70. The highest BCUT2D eigenvalue weighted by atomic mass is 19.1. The lowest BCUT2D eigenvalue weighted by atomic mass is 9.99. The van der Waals surface area contributed by atoms with E-state index in [1.54, 1.807) is 24.3 Å². The lowest BCUT2D eigenvalue weighted by Crippen LogP contribution is -2.04. The maximum absolute atomic E-state index is 14.6. The molecule has 0 heterocycles. The third-order valence-electron chi connectivity index (χ3n) is 5.70. The van der Waals surface area contributed by atoms with E-state index in [1.165, 1.54) is 31.4 Å². The Labute approximate surface area is 200 Å². The van der Waals surface area contributed by atoms with Gasteiger partial charge in [0.2, 0.25) is 0 Å². The first-order chi connectivity index (χ1) is 16.8. The second-order valence-electron chi connectivity index (χ2n) is 8.17. The van der Waals surface area contributed by atoms with E-state index in [0.29, 0.717) is 29.5 Å². The standard InChI is InChI=1S/C29H21F5O/c1-35-11-10-20-15-28(33)25(29(34)16-20)9-4-19-13-26(31)24(27(32)14-19)8-3-18-2-5-22-17-23(30)7-6-21(22)12-18/h2,5-7,12-17H,4,9-11H2,1H3. The molecule has 0 radical (unpaired) electrons. The molecule has 0 fully saturated rings. The van der Waals surface area contributed by atoms with Crippen LogP contribution in [0.15, 0.2) is 60.7 Å². The zero-order valence-electron chi connectivity index (χ0n) is 18.9. The van der Waals surface area contributed by atoms with Crippen molar-refractivity contribution in [3.8, 4) is 11.8 Å². The van der Waals surface area contributed by atoms with Gasteiger partial charge in [-0.05, 0) is 89.7 Å². The van der Waals surface area contributed by atoms with E-state index in [4.69, 9.17) is 4.74 Å². The molecule has 0 saturated carbocycles. The predicted octanol–water partition coefficient (Wildman–Crippen LogP) is 6.91. The monoisotopic (exact) mass is 480 g/mol. The van der Waals surface area contributed by atoms with E-state index >= 15 is 0 Å². The number of hydrogen-bond acceptors (Lipinski definition) is 1. The van der Waals surface area contributed by atoms with Crippen LogP contribution in [0.2, 0.25) is 0 Å². The molecule has 4 aromatic rings. The summed E-state index contributed by atoms with van der Waals surface area (Å²) >= 11 is 0. The van der Waals surface area contributed by atoms with Crippen LogP contribution in [0, 0.1) is 40.9 Å². The molecule has 6 heteroatoms. The van der Waals surface area contributed by atoms with E-state index in [-0.39, 0.29) is 29.8 Å². The van der Waals surface area contributed by atoms with Crippen molar-refractivity contribution >= 4 is 10.8 Å². The first-order valence-electron chi connectivity index (χ1n) is 11.0. The molecule has 4 rings (SSSR count). The molecule has 0 bridgehead atoms. The van der Waals surface area contributed by atoms with Gasteiger partial charge in [0.05, 0.1) is 12.2 Å². The minimum Gasteiger partial charge on any atom is -0.384 e. The first-order valence-corrected chi connectivity index (χ1v) is 11.0. The summed E-state index contributed by atoms with van der Waals surface area (Å²) in [7, 11) is 1.50. The van der Waals surface area contributed by atoms with Crippen molar-refractivity contribution in [3.05, 3.63) is 118 Å². The van der Waals surface area contributed by atoms with E-state index in [0.717, 1.165) is 17.5 Å². The first kappa shape index (κ1) is 24.4. The molecule has 0 aromatic heterocycles.